The lowest BCUT2D eigenvalue weighted by atomic mass is 10.1. The van der Waals surface area contributed by atoms with Crippen LogP contribution in [0.3, 0.4) is 0 Å². The molecule has 1 aromatic rings. The number of hydrogen-bond acceptors (Lipinski definition) is 3. The molecular formula is C10H14BrNO2. The predicted octanol–water partition coefficient (Wildman–Crippen LogP) is 1.90. The summed E-state index contributed by atoms with van der Waals surface area (Å²) in [7, 11) is 0. The van der Waals surface area contributed by atoms with E-state index in [4.69, 9.17) is 9.52 Å². The molecule has 0 unspecified atom stereocenters. The van der Waals surface area contributed by atoms with Crippen LogP contribution in [0.1, 0.15) is 18.6 Å². The molecule has 2 rings (SSSR count). The highest BCUT2D eigenvalue weighted by Gasteiger charge is 2.41. The second kappa shape index (κ2) is 4.04. The van der Waals surface area contributed by atoms with Gasteiger partial charge >= 0.3 is 0 Å². The van der Waals surface area contributed by atoms with Gasteiger partial charge in [-0.1, -0.05) is 0 Å². The summed E-state index contributed by atoms with van der Waals surface area (Å²) in [6, 6.07) is 1.88. The molecule has 1 aromatic heterocycles. The molecule has 14 heavy (non-hydrogen) atoms. The Labute approximate surface area is 91.6 Å². The van der Waals surface area contributed by atoms with Crippen LogP contribution in [-0.2, 0) is 6.54 Å². The average Bonchev–Trinajstić information content (AvgIpc) is 2.86. The van der Waals surface area contributed by atoms with Crippen LogP contribution in [0.5, 0.6) is 0 Å². The fourth-order valence-corrected chi connectivity index (χ4v) is 1.80. The molecule has 1 saturated carbocycles. The van der Waals surface area contributed by atoms with Gasteiger partial charge < -0.3 is 14.8 Å². The smallest absolute Gasteiger partial charge is 0.131 e. The van der Waals surface area contributed by atoms with Crippen LogP contribution in [0.4, 0.5) is 0 Å². The number of halogens is 1. The van der Waals surface area contributed by atoms with Gasteiger partial charge in [-0.2, -0.15) is 0 Å². The molecular weight excluding hydrogens is 246 g/mol. The Morgan fingerprint density at radius 3 is 2.86 bits per heavy atom. The lowest BCUT2D eigenvalue weighted by Crippen LogP contribution is -2.25. The first-order valence-corrected chi connectivity index (χ1v) is 5.58. The Balaban J connectivity index is 1.76. The molecule has 0 bridgehead atoms. The average molecular weight is 260 g/mol. The topological polar surface area (TPSA) is 45.4 Å². The maximum absolute atomic E-state index is 9.10. The first-order chi connectivity index (χ1) is 6.76. The highest BCUT2D eigenvalue weighted by Crippen LogP contribution is 2.44. The fourth-order valence-electron chi connectivity index (χ4n) is 1.46. The van der Waals surface area contributed by atoms with Crippen molar-refractivity contribution < 1.29 is 9.52 Å². The van der Waals surface area contributed by atoms with Gasteiger partial charge in [0.15, 0.2) is 0 Å². The van der Waals surface area contributed by atoms with E-state index < -0.39 is 0 Å². The van der Waals surface area contributed by atoms with Crippen molar-refractivity contribution in [1.82, 2.24) is 5.32 Å². The zero-order valence-electron chi connectivity index (χ0n) is 7.92. The number of nitrogens with one attached hydrogen (secondary N) is 1. The van der Waals surface area contributed by atoms with Crippen molar-refractivity contribution in [3.63, 3.8) is 0 Å². The third kappa shape index (κ3) is 2.19. The van der Waals surface area contributed by atoms with Crippen LogP contribution in [0.15, 0.2) is 21.2 Å². The fraction of sp³-hybridized carbons (Fsp3) is 0.600. The number of aliphatic hydroxyl groups is 1. The van der Waals surface area contributed by atoms with E-state index in [-0.39, 0.29) is 5.41 Å². The summed E-state index contributed by atoms with van der Waals surface area (Å²) in [5.41, 5.74) is 0.166. The highest BCUT2D eigenvalue weighted by molar-refractivity contribution is 9.10. The molecule has 1 fully saturated rings. The van der Waals surface area contributed by atoms with Crippen molar-refractivity contribution in [2.45, 2.75) is 19.4 Å². The lowest BCUT2D eigenvalue weighted by molar-refractivity contribution is 0.206. The van der Waals surface area contributed by atoms with Crippen LogP contribution < -0.4 is 5.32 Å². The Hall–Kier alpha value is -0.320. The predicted molar refractivity (Wildman–Crippen MR) is 56.9 cm³/mol. The standard InChI is InChI=1S/C10H14BrNO2/c11-8-1-4-14-9(8)5-12-6-10(7-13)2-3-10/h1,4,12-13H,2-3,5-7H2. The molecule has 1 aliphatic carbocycles. The first kappa shape index (κ1) is 10.2. The molecule has 1 heterocycles. The van der Waals surface area contributed by atoms with Crippen LogP contribution in [0, 0.1) is 5.41 Å². The summed E-state index contributed by atoms with van der Waals surface area (Å²) < 4.78 is 6.26. The van der Waals surface area contributed by atoms with Crippen LogP contribution >= 0.6 is 15.9 Å². The number of rotatable bonds is 5. The zero-order chi connectivity index (χ0) is 10.0. The maximum Gasteiger partial charge on any atom is 0.131 e. The summed E-state index contributed by atoms with van der Waals surface area (Å²) in [6.45, 7) is 1.88. The molecule has 0 aliphatic heterocycles. The summed E-state index contributed by atoms with van der Waals surface area (Å²) >= 11 is 3.40. The van der Waals surface area contributed by atoms with Gasteiger partial charge in [-0.3, -0.25) is 0 Å². The van der Waals surface area contributed by atoms with E-state index in [1.807, 2.05) is 6.07 Å². The number of hydrogen-bond donors (Lipinski definition) is 2. The molecule has 0 amide bonds. The van der Waals surface area contributed by atoms with Crippen molar-refractivity contribution in [3.8, 4) is 0 Å². The van der Waals surface area contributed by atoms with Gasteiger partial charge in [0.1, 0.15) is 5.76 Å². The Kier molecular flexibility index (Phi) is 2.95. The maximum atomic E-state index is 9.10. The van der Waals surface area contributed by atoms with E-state index in [1.54, 1.807) is 6.26 Å². The third-order valence-electron chi connectivity index (χ3n) is 2.77. The summed E-state index contributed by atoms with van der Waals surface area (Å²) in [5.74, 6) is 0.915. The third-order valence-corrected chi connectivity index (χ3v) is 3.48. The van der Waals surface area contributed by atoms with Gasteiger partial charge in [-0.25, -0.2) is 0 Å². The molecule has 0 aromatic carbocycles. The molecule has 0 radical (unpaired) electrons. The van der Waals surface area contributed by atoms with Gasteiger partial charge in [0.2, 0.25) is 0 Å². The molecule has 78 valence electrons. The van der Waals surface area contributed by atoms with Gasteiger partial charge in [0, 0.05) is 18.6 Å². The van der Waals surface area contributed by atoms with Crippen molar-refractivity contribution in [2.75, 3.05) is 13.2 Å². The SMILES string of the molecule is OCC1(CNCc2occc2Br)CC1. The highest BCUT2D eigenvalue weighted by atomic mass is 79.9. The molecule has 0 saturated heterocycles. The molecule has 0 atom stereocenters. The van der Waals surface area contributed by atoms with Gasteiger partial charge in [-0.05, 0) is 34.8 Å². The minimum atomic E-state index is 0.166. The summed E-state index contributed by atoms with van der Waals surface area (Å²) in [5, 5.41) is 12.4. The quantitative estimate of drug-likeness (QED) is 0.850. The largest absolute Gasteiger partial charge is 0.467 e. The van der Waals surface area contributed by atoms with Crippen molar-refractivity contribution in [3.05, 3.63) is 22.6 Å². The Morgan fingerprint density at radius 1 is 1.57 bits per heavy atom. The van der Waals surface area contributed by atoms with Gasteiger partial charge in [0.05, 0.1) is 17.3 Å². The Morgan fingerprint density at radius 2 is 2.36 bits per heavy atom. The molecule has 3 nitrogen and oxygen atoms in total. The molecule has 4 heteroatoms. The first-order valence-electron chi connectivity index (χ1n) is 4.79. The van der Waals surface area contributed by atoms with E-state index in [0.717, 1.165) is 36.2 Å². The van der Waals surface area contributed by atoms with Crippen molar-refractivity contribution in [1.29, 1.82) is 0 Å². The van der Waals surface area contributed by atoms with E-state index in [0.29, 0.717) is 6.61 Å². The second-order valence-electron chi connectivity index (χ2n) is 3.95. The Bertz CT molecular complexity index is 307. The minimum Gasteiger partial charge on any atom is -0.467 e. The molecule has 0 spiro atoms. The second-order valence-corrected chi connectivity index (χ2v) is 4.81. The van der Waals surface area contributed by atoms with E-state index in [1.165, 1.54) is 0 Å². The van der Waals surface area contributed by atoms with Crippen LogP contribution in [0.25, 0.3) is 0 Å². The normalized spacial score (nSPS) is 18.4. The monoisotopic (exact) mass is 259 g/mol. The van der Waals surface area contributed by atoms with Gasteiger partial charge in [-0.15, -0.1) is 0 Å². The minimum absolute atomic E-state index is 0.166. The van der Waals surface area contributed by atoms with E-state index in [9.17, 15) is 0 Å². The zero-order valence-corrected chi connectivity index (χ0v) is 9.51. The van der Waals surface area contributed by atoms with Crippen molar-refractivity contribution >= 4 is 15.9 Å². The number of aliphatic hydroxyl groups excluding tert-OH is 1. The molecule has 2 N–H and O–H groups in total. The lowest BCUT2D eigenvalue weighted by Gasteiger charge is -2.11. The summed E-state index contributed by atoms with van der Waals surface area (Å²) in [4.78, 5) is 0. The van der Waals surface area contributed by atoms with Gasteiger partial charge in [0.25, 0.3) is 0 Å². The van der Waals surface area contributed by atoms with Crippen LogP contribution in [-0.4, -0.2) is 18.3 Å². The number of furan rings is 1. The summed E-state index contributed by atoms with van der Waals surface area (Å²) in [6.07, 6.45) is 3.94. The molecule has 1 aliphatic rings. The van der Waals surface area contributed by atoms with Crippen molar-refractivity contribution in [2.24, 2.45) is 5.41 Å². The van der Waals surface area contributed by atoms with E-state index in [2.05, 4.69) is 21.2 Å². The van der Waals surface area contributed by atoms with Crippen LogP contribution in [0.2, 0.25) is 0 Å². The van der Waals surface area contributed by atoms with E-state index >= 15 is 0 Å².